The number of carbonyl (C=O) groups excluding carboxylic acids is 3. The molecule has 32 heavy (non-hydrogen) atoms. The average molecular weight is 437 g/mol. The molecule has 1 heterocycles. The van der Waals surface area contributed by atoms with E-state index in [2.05, 4.69) is 0 Å². The van der Waals surface area contributed by atoms with Crippen molar-refractivity contribution in [1.29, 1.82) is 0 Å². The number of hydrogen-bond acceptors (Lipinski definition) is 6. The molecule has 1 aliphatic heterocycles. The van der Waals surface area contributed by atoms with Crippen LogP contribution in [0.4, 0.5) is 4.79 Å². The van der Waals surface area contributed by atoms with E-state index in [0.29, 0.717) is 17.7 Å². The van der Waals surface area contributed by atoms with Crippen LogP contribution in [0.3, 0.4) is 0 Å². The fraction of sp³-hybridized carbons (Fsp3) is 0.320. The maximum absolute atomic E-state index is 12.8. The van der Waals surface area contributed by atoms with Crippen molar-refractivity contribution < 1.29 is 28.6 Å². The maximum atomic E-state index is 12.8. The summed E-state index contributed by atoms with van der Waals surface area (Å²) in [4.78, 5) is 38.2. The van der Waals surface area contributed by atoms with Crippen LogP contribution in [0.25, 0.3) is 0 Å². The maximum Gasteiger partial charge on any atom is 0.418 e. The molecule has 0 aliphatic carbocycles. The number of ether oxygens (including phenoxy) is 3. The second kappa shape index (κ2) is 9.68. The van der Waals surface area contributed by atoms with Crippen molar-refractivity contribution in [2.45, 2.75) is 45.4 Å². The smallest absolute Gasteiger partial charge is 0.418 e. The van der Waals surface area contributed by atoms with Gasteiger partial charge in [-0.25, -0.2) is 14.5 Å². The topological polar surface area (TPSA) is 82.1 Å². The summed E-state index contributed by atoms with van der Waals surface area (Å²) in [5, 5.41) is 0. The van der Waals surface area contributed by atoms with Gasteiger partial charge in [0.25, 0.3) is 5.91 Å². The highest BCUT2D eigenvalue weighted by Gasteiger charge is 2.41. The third-order valence-corrected chi connectivity index (χ3v) is 4.79. The molecule has 7 heteroatoms. The SMILES string of the molecule is COC(=O)c1ccc(COC2=CC(=O)N(C(=O)OC(C)(C)C)C2Cc2ccccc2)cc1. The number of hydrogen-bond donors (Lipinski definition) is 0. The first kappa shape index (κ1) is 23.1. The molecule has 0 bridgehead atoms. The Bertz CT molecular complexity index is 1000. The summed E-state index contributed by atoms with van der Waals surface area (Å²) >= 11 is 0. The molecule has 3 rings (SSSR count). The van der Waals surface area contributed by atoms with E-state index >= 15 is 0 Å². The van der Waals surface area contributed by atoms with E-state index < -0.39 is 29.6 Å². The average Bonchev–Trinajstić information content (AvgIpc) is 3.06. The number of esters is 1. The summed E-state index contributed by atoms with van der Waals surface area (Å²) in [5.41, 5.74) is 1.46. The monoisotopic (exact) mass is 437 g/mol. The van der Waals surface area contributed by atoms with Gasteiger partial charge in [-0.1, -0.05) is 42.5 Å². The van der Waals surface area contributed by atoms with Gasteiger partial charge in [0.05, 0.1) is 12.7 Å². The predicted octanol–water partition coefficient (Wildman–Crippen LogP) is 4.26. The Kier molecular flexibility index (Phi) is 6.98. The van der Waals surface area contributed by atoms with Gasteiger partial charge in [0.1, 0.15) is 24.0 Å². The normalized spacial score (nSPS) is 15.9. The third-order valence-electron chi connectivity index (χ3n) is 4.79. The first-order chi connectivity index (χ1) is 15.2. The van der Waals surface area contributed by atoms with Crippen molar-refractivity contribution in [3.63, 3.8) is 0 Å². The van der Waals surface area contributed by atoms with Gasteiger partial charge in [0.2, 0.25) is 0 Å². The standard InChI is InChI=1S/C25H27NO6/c1-25(2,3)32-24(29)26-20(14-17-8-6-5-7-9-17)21(15-22(26)27)31-16-18-10-12-19(13-11-18)23(28)30-4/h5-13,15,20H,14,16H2,1-4H3. The largest absolute Gasteiger partial charge is 0.491 e. The highest BCUT2D eigenvalue weighted by atomic mass is 16.6. The van der Waals surface area contributed by atoms with Gasteiger partial charge in [-0.2, -0.15) is 0 Å². The van der Waals surface area contributed by atoms with E-state index in [-0.39, 0.29) is 6.61 Å². The lowest BCUT2D eigenvalue weighted by atomic mass is 10.0. The molecule has 0 saturated heterocycles. The van der Waals surface area contributed by atoms with Crippen LogP contribution in [0, 0.1) is 0 Å². The zero-order valence-corrected chi connectivity index (χ0v) is 18.7. The van der Waals surface area contributed by atoms with Crippen molar-refractivity contribution in [2.24, 2.45) is 0 Å². The Morgan fingerprint density at radius 1 is 0.969 bits per heavy atom. The van der Waals surface area contributed by atoms with E-state index in [4.69, 9.17) is 14.2 Å². The van der Waals surface area contributed by atoms with Gasteiger partial charge in [-0.15, -0.1) is 0 Å². The Morgan fingerprint density at radius 3 is 2.22 bits per heavy atom. The fourth-order valence-corrected chi connectivity index (χ4v) is 3.29. The van der Waals surface area contributed by atoms with E-state index in [1.165, 1.54) is 13.2 Å². The highest BCUT2D eigenvalue weighted by Crippen LogP contribution is 2.27. The van der Waals surface area contributed by atoms with Crippen molar-refractivity contribution in [2.75, 3.05) is 7.11 Å². The molecule has 0 fully saturated rings. The number of amides is 2. The quantitative estimate of drug-likeness (QED) is 0.628. The molecule has 0 saturated carbocycles. The summed E-state index contributed by atoms with van der Waals surface area (Å²) in [5.74, 6) is -0.504. The van der Waals surface area contributed by atoms with Crippen LogP contribution < -0.4 is 0 Å². The van der Waals surface area contributed by atoms with Crippen LogP contribution in [0.15, 0.2) is 66.4 Å². The molecule has 2 amide bonds. The van der Waals surface area contributed by atoms with Crippen molar-refractivity contribution in [3.8, 4) is 0 Å². The van der Waals surface area contributed by atoms with Gasteiger partial charge in [-0.05, 0) is 44.0 Å². The number of rotatable bonds is 6. The molecule has 1 aliphatic rings. The number of imide groups is 1. The van der Waals surface area contributed by atoms with Crippen LogP contribution in [0.2, 0.25) is 0 Å². The van der Waals surface area contributed by atoms with E-state index in [1.54, 1.807) is 45.0 Å². The lowest BCUT2D eigenvalue weighted by molar-refractivity contribution is -0.125. The summed E-state index contributed by atoms with van der Waals surface area (Å²) in [6.07, 6.45) is 1.03. The van der Waals surface area contributed by atoms with Crippen LogP contribution in [0.1, 0.15) is 42.3 Å². The molecule has 7 nitrogen and oxygen atoms in total. The number of methoxy groups -OCH3 is 1. The van der Waals surface area contributed by atoms with Crippen molar-refractivity contribution >= 4 is 18.0 Å². The molecule has 2 aromatic carbocycles. The number of carbonyl (C=O) groups is 3. The van der Waals surface area contributed by atoms with E-state index in [9.17, 15) is 14.4 Å². The Morgan fingerprint density at radius 2 is 1.62 bits per heavy atom. The second-order valence-corrected chi connectivity index (χ2v) is 8.42. The van der Waals surface area contributed by atoms with Gasteiger partial charge in [0, 0.05) is 12.5 Å². The van der Waals surface area contributed by atoms with E-state index in [0.717, 1.165) is 16.0 Å². The first-order valence-corrected chi connectivity index (χ1v) is 10.3. The van der Waals surface area contributed by atoms with Crippen LogP contribution in [-0.2, 0) is 32.0 Å². The Hall–Kier alpha value is -3.61. The lowest BCUT2D eigenvalue weighted by Gasteiger charge is -2.28. The first-order valence-electron chi connectivity index (χ1n) is 10.3. The Balaban J connectivity index is 1.78. The predicted molar refractivity (Wildman–Crippen MR) is 118 cm³/mol. The molecule has 0 aromatic heterocycles. The van der Waals surface area contributed by atoms with Crippen molar-refractivity contribution in [1.82, 2.24) is 4.90 Å². The molecule has 0 radical (unpaired) electrons. The molecular formula is C25H27NO6. The zero-order chi connectivity index (χ0) is 23.3. The molecular weight excluding hydrogens is 410 g/mol. The minimum absolute atomic E-state index is 0.175. The van der Waals surface area contributed by atoms with Crippen LogP contribution in [-0.4, -0.2) is 41.6 Å². The molecule has 0 spiro atoms. The summed E-state index contributed by atoms with van der Waals surface area (Å²) < 4.78 is 16.1. The van der Waals surface area contributed by atoms with Crippen molar-refractivity contribution in [3.05, 3.63) is 83.1 Å². The minimum Gasteiger partial charge on any atom is -0.491 e. The molecule has 1 unspecified atom stereocenters. The lowest BCUT2D eigenvalue weighted by Crippen LogP contribution is -2.44. The van der Waals surface area contributed by atoms with Gasteiger partial charge in [0.15, 0.2) is 0 Å². The Labute approximate surface area is 187 Å². The van der Waals surface area contributed by atoms with Crippen LogP contribution >= 0.6 is 0 Å². The third kappa shape index (κ3) is 5.75. The summed E-state index contributed by atoms with van der Waals surface area (Å²) in [6.45, 7) is 5.43. The second-order valence-electron chi connectivity index (χ2n) is 8.42. The molecule has 1 atom stereocenters. The zero-order valence-electron chi connectivity index (χ0n) is 18.7. The summed E-state index contributed by atoms with van der Waals surface area (Å²) in [7, 11) is 1.33. The highest BCUT2D eigenvalue weighted by molar-refractivity contribution is 6.02. The van der Waals surface area contributed by atoms with Gasteiger partial charge >= 0.3 is 12.1 Å². The molecule has 168 valence electrons. The minimum atomic E-state index is -0.736. The van der Waals surface area contributed by atoms with Gasteiger partial charge in [-0.3, -0.25) is 4.79 Å². The molecule has 2 aromatic rings. The fourth-order valence-electron chi connectivity index (χ4n) is 3.29. The van der Waals surface area contributed by atoms with Gasteiger partial charge < -0.3 is 14.2 Å². The number of nitrogens with zero attached hydrogens (tertiary/aromatic N) is 1. The molecule has 0 N–H and O–H groups in total. The van der Waals surface area contributed by atoms with E-state index in [1.807, 2.05) is 30.3 Å². The van der Waals surface area contributed by atoms with Crippen LogP contribution in [0.5, 0.6) is 0 Å². The number of benzene rings is 2. The summed E-state index contributed by atoms with van der Waals surface area (Å²) in [6, 6.07) is 15.7.